The number of anilines is 2. The van der Waals surface area contributed by atoms with E-state index in [1.165, 1.54) is 4.90 Å². The van der Waals surface area contributed by atoms with Gasteiger partial charge in [0.15, 0.2) is 0 Å². The number of benzene rings is 2. The topological polar surface area (TPSA) is 93.8 Å². The molecular formula is C29H33F8N5O3. The predicted molar refractivity (Wildman–Crippen MR) is 149 cm³/mol. The van der Waals surface area contributed by atoms with Gasteiger partial charge in [-0.2, -0.15) is 26.3 Å². The van der Waals surface area contributed by atoms with E-state index < -0.39 is 46.9 Å². The highest BCUT2D eigenvalue weighted by molar-refractivity contribution is 5.93. The van der Waals surface area contributed by atoms with Gasteiger partial charge in [0.25, 0.3) is 0 Å². The van der Waals surface area contributed by atoms with Crippen LogP contribution in [0, 0.1) is 23.5 Å². The minimum Gasteiger partial charge on any atom is -0.331 e. The molecule has 0 unspecified atom stereocenters. The number of halogens is 8. The zero-order valence-corrected chi connectivity index (χ0v) is 24.4. The van der Waals surface area contributed by atoms with Crippen LogP contribution in [0.2, 0.25) is 0 Å². The van der Waals surface area contributed by atoms with E-state index >= 15 is 0 Å². The summed E-state index contributed by atoms with van der Waals surface area (Å²) in [6.07, 6.45) is -6.77. The number of hydrogen-bond donors (Lipinski definition) is 3. The minimum atomic E-state index is -4.79. The zero-order valence-electron chi connectivity index (χ0n) is 24.4. The highest BCUT2D eigenvalue weighted by Gasteiger charge is 2.35. The van der Waals surface area contributed by atoms with Crippen LogP contribution in [-0.2, 0) is 21.9 Å². The Labute approximate surface area is 254 Å². The van der Waals surface area contributed by atoms with Crippen molar-refractivity contribution in [2.24, 2.45) is 11.8 Å². The van der Waals surface area contributed by atoms with Crippen LogP contribution in [0.25, 0.3) is 0 Å². The van der Waals surface area contributed by atoms with Crippen LogP contribution in [0.15, 0.2) is 36.4 Å². The van der Waals surface area contributed by atoms with Crippen LogP contribution in [0.1, 0.15) is 36.8 Å². The number of carbonyl (C=O) groups excluding carboxylic acids is 3. The molecule has 4 rings (SSSR count). The molecule has 2 heterocycles. The van der Waals surface area contributed by atoms with Crippen LogP contribution in [-0.4, -0.2) is 67.9 Å². The van der Waals surface area contributed by atoms with Crippen molar-refractivity contribution in [3.63, 3.8) is 0 Å². The van der Waals surface area contributed by atoms with Gasteiger partial charge in [-0.25, -0.2) is 13.6 Å². The number of nitrogens with zero attached hydrogens (tertiary/aromatic N) is 2. The summed E-state index contributed by atoms with van der Waals surface area (Å²) in [6.45, 7) is 2.12. The number of urea groups is 1. The fourth-order valence-electron chi connectivity index (χ4n) is 4.86. The number of piperidine rings is 2. The lowest BCUT2D eigenvalue weighted by molar-refractivity contribution is -0.140. The van der Waals surface area contributed by atoms with Gasteiger partial charge in [-0.15, -0.1) is 0 Å². The summed E-state index contributed by atoms with van der Waals surface area (Å²) in [5.41, 5.74) is -2.74. The molecule has 2 saturated heterocycles. The van der Waals surface area contributed by atoms with E-state index in [9.17, 15) is 49.5 Å². The van der Waals surface area contributed by atoms with Gasteiger partial charge in [-0.1, -0.05) is 0 Å². The average molecular weight is 652 g/mol. The van der Waals surface area contributed by atoms with E-state index in [0.717, 1.165) is 25.1 Å². The van der Waals surface area contributed by atoms with Gasteiger partial charge >= 0.3 is 18.4 Å². The molecule has 2 aliphatic heterocycles. The van der Waals surface area contributed by atoms with Gasteiger partial charge < -0.3 is 25.8 Å². The van der Waals surface area contributed by atoms with Crippen molar-refractivity contribution in [2.75, 3.05) is 50.9 Å². The third-order valence-corrected chi connectivity index (χ3v) is 7.20. The quantitative estimate of drug-likeness (QED) is 0.356. The second-order valence-corrected chi connectivity index (χ2v) is 10.9. The standard InChI is InChI=1S/C16H19F4N3O2.C13H14F4N2O/c1-22(2)15(25)23-7-3-4-10(9-23)14(24)21-11-5-6-12(13(17)8-11)16(18,19)20;14-11-6-9(3-4-10(11)13(15,16)17)19-12(20)8-2-1-5-18-7-8/h5-6,8,10H,3-4,7,9H2,1-2H3,(H,21,24);3-4,6,8,18H,1-2,5,7H2,(H,19,20)/t10-;8-/m00/s1. The Bertz CT molecular complexity index is 1360. The van der Waals surface area contributed by atoms with Crippen LogP contribution in [0.4, 0.5) is 51.3 Å². The normalized spacial score (nSPS) is 18.8. The molecule has 0 aromatic heterocycles. The Kier molecular flexibility index (Phi) is 11.8. The first-order chi connectivity index (χ1) is 21.0. The highest BCUT2D eigenvalue weighted by atomic mass is 19.4. The Morgan fingerprint density at radius 3 is 1.71 bits per heavy atom. The number of amides is 4. The fourth-order valence-corrected chi connectivity index (χ4v) is 4.86. The second-order valence-electron chi connectivity index (χ2n) is 10.9. The van der Waals surface area contributed by atoms with Crippen LogP contribution >= 0.6 is 0 Å². The van der Waals surface area contributed by atoms with Gasteiger partial charge in [0.05, 0.1) is 23.0 Å². The maximum Gasteiger partial charge on any atom is 0.419 e. The molecule has 4 amide bonds. The van der Waals surface area contributed by atoms with Gasteiger partial charge in [-0.05, 0) is 68.6 Å². The van der Waals surface area contributed by atoms with Crippen molar-refractivity contribution in [2.45, 2.75) is 38.0 Å². The van der Waals surface area contributed by atoms with Crippen LogP contribution in [0.3, 0.4) is 0 Å². The molecule has 0 radical (unpaired) electrons. The lowest BCUT2D eigenvalue weighted by Crippen LogP contribution is -2.47. The first-order valence-corrected chi connectivity index (χ1v) is 14.0. The lowest BCUT2D eigenvalue weighted by Gasteiger charge is -2.33. The molecule has 45 heavy (non-hydrogen) atoms. The largest absolute Gasteiger partial charge is 0.419 e. The number of carbonyl (C=O) groups is 3. The zero-order chi connectivity index (χ0) is 33.5. The average Bonchev–Trinajstić information content (AvgIpc) is 2.96. The Balaban J connectivity index is 0.000000251. The lowest BCUT2D eigenvalue weighted by atomic mass is 9.97. The smallest absolute Gasteiger partial charge is 0.331 e. The molecule has 2 aliphatic rings. The second kappa shape index (κ2) is 14.9. The molecular weight excluding hydrogens is 618 g/mol. The molecule has 0 aliphatic carbocycles. The molecule has 2 aromatic carbocycles. The number of nitrogens with one attached hydrogen (secondary N) is 3. The maximum absolute atomic E-state index is 13.6. The Hall–Kier alpha value is -3.95. The molecule has 0 spiro atoms. The van der Waals surface area contributed by atoms with E-state index in [1.54, 1.807) is 19.0 Å². The summed E-state index contributed by atoms with van der Waals surface area (Å²) in [6, 6.07) is 4.41. The molecule has 0 bridgehead atoms. The van der Waals surface area contributed by atoms with Crippen LogP contribution in [0.5, 0.6) is 0 Å². The van der Waals surface area contributed by atoms with Crippen molar-refractivity contribution < 1.29 is 49.5 Å². The summed E-state index contributed by atoms with van der Waals surface area (Å²) >= 11 is 0. The minimum absolute atomic E-state index is 0.0334. The van der Waals surface area contributed by atoms with Gasteiger partial charge in [-0.3, -0.25) is 9.59 Å². The van der Waals surface area contributed by atoms with Crippen molar-refractivity contribution in [3.05, 3.63) is 59.2 Å². The summed E-state index contributed by atoms with van der Waals surface area (Å²) < 4.78 is 102. The monoisotopic (exact) mass is 651 g/mol. The van der Waals surface area contributed by atoms with Crippen molar-refractivity contribution in [1.82, 2.24) is 15.1 Å². The van der Waals surface area contributed by atoms with E-state index in [0.29, 0.717) is 56.6 Å². The predicted octanol–water partition coefficient (Wildman–Crippen LogP) is 5.96. The number of hydrogen-bond acceptors (Lipinski definition) is 4. The Morgan fingerprint density at radius 1 is 0.800 bits per heavy atom. The van der Waals surface area contributed by atoms with Crippen LogP contribution < -0.4 is 16.0 Å². The van der Waals surface area contributed by atoms with Gasteiger partial charge in [0.2, 0.25) is 11.8 Å². The molecule has 16 heteroatoms. The first-order valence-electron chi connectivity index (χ1n) is 14.0. The number of likely N-dealkylation sites (tertiary alicyclic amines) is 1. The fraction of sp³-hybridized carbons (Fsp3) is 0.483. The highest BCUT2D eigenvalue weighted by Crippen LogP contribution is 2.33. The molecule has 248 valence electrons. The molecule has 3 N–H and O–H groups in total. The summed E-state index contributed by atoms with van der Waals surface area (Å²) in [5, 5.41) is 7.93. The molecule has 2 fully saturated rings. The number of rotatable bonds is 4. The maximum atomic E-state index is 13.6. The van der Waals surface area contributed by atoms with E-state index in [2.05, 4.69) is 16.0 Å². The van der Waals surface area contributed by atoms with Crippen molar-refractivity contribution >= 4 is 29.2 Å². The third-order valence-electron chi connectivity index (χ3n) is 7.20. The number of alkyl halides is 6. The molecule has 0 saturated carbocycles. The Morgan fingerprint density at radius 2 is 1.29 bits per heavy atom. The first kappa shape index (κ1) is 35.5. The van der Waals surface area contributed by atoms with Crippen molar-refractivity contribution in [3.8, 4) is 0 Å². The van der Waals surface area contributed by atoms with E-state index in [1.807, 2.05) is 0 Å². The molecule has 8 nitrogen and oxygen atoms in total. The van der Waals surface area contributed by atoms with Gasteiger partial charge in [0.1, 0.15) is 11.6 Å². The SMILES string of the molecule is CN(C)C(=O)N1CCC[C@H](C(=O)Nc2ccc(C(F)(F)F)c(F)c2)C1.O=C(Nc1ccc(C(F)(F)F)c(F)c1)[C@H]1CCCNC1. The van der Waals surface area contributed by atoms with Gasteiger partial charge in [0, 0.05) is 45.1 Å². The van der Waals surface area contributed by atoms with Crippen molar-refractivity contribution in [1.29, 1.82) is 0 Å². The molecule has 2 aromatic rings. The third kappa shape index (κ3) is 10.0. The summed E-state index contributed by atoms with van der Waals surface area (Å²) in [5.74, 6) is -4.33. The van der Waals surface area contributed by atoms with E-state index in [-0.39, 0.29) is 35.8 Å². The summed E-state index contributed by atoms with van der Waals surface area (Å²) in [4.78, 5) is 39.1. The summed E-state index contributed by atoms with van der Waals surface area (Å²) in [7, 11) is 3.22. The molecule has 2 atom stereocenters. The van der Waals surface area contributed by atoms with E-state index in [4.69, 9.17) is 0 Å².